The fraction of sp³-hybridized carbons (Fsp3) is 0.409. The lowest BCUT2D eigenvalue weighted by Gasteiger charge is -2.31. The molecule has 3 rings (SSSR count). The molecule has 156 valence electrons. The van der Waals surface area contributed by atoms with Crippen molar-refractivity contribution >= 4 is 17.5 Å². The third-order valence-electron chi connectivity index (χ3n) is 5.03. The number of hydrogen-bond acceptors (Lipinski definition) is 5. The van der Waals surface area contributed by atoms with E-state index in [-0.39, 0.29) is 11.9 Å². The molecule has 6 nitrogen and oxygen atoms in total. The van der Waals surface area contributed by atoms with Gasteiger partial charge in [-0.25, -0.2) is 0 Å². The number of benzene rings is 2. The highest BCUT2D eigenvalue weighted by Crippen LogP contribution is 2.36. The van der Waals surface area contributed by atoms with E-state index >= 15 is 0 Å². The number of ether oxygens (including phenoxy) is 3. The smallest absolute Gasteiger partial charge is 0.252 e. The van der Waals surface area contributed by atoms with Gasteiger partial charge in [0, 0.05) is 25.2 Å². The highest BCUT2D eigenvalue weighted by molar-refractivity contribution is 6.32. The van der Waals surface area contributed by atoms with Crippen LogP contribution in [0.15, 0.2) is 36.4 Å². The molecule has 0 aliphatic carbocycles. The summed E-state index contributed by atoms with van der Waals surface area (Å²) < 4.78 is 16.0. The van der Waals surface area contributed by atoms with Gasteiger partial charge in [-0.2, -0.15) is 0 Å². The first-order valence-corrected chi connectivity index (χ1v) is 9.98. The largest absolute Gasteiger partial charge is 0.493 e. The molecule has 7 heteroatoms. The average molecular weight is 419 g/mol. The SMILES string of the molecule is COc1cc(C(=O)N[C@@H](CN2CCOCC2)c2ccc(C)cc2)cc(Cl)c1OC. The Morgan fingerprint density at radius 2 is 1.86 bits per heavy atom. The van der Waals surface area contributed by atoms with E-state index in [9.17, 15) is 4.79 Å². The van der Waals surface area contributed by atoms with E-state index in [2.05, 4.69) is 34.5 Å². The van der Waals surface area contributed by atoms with Gasteiger partial charge in [-0.05, 0) is 24.6 Å². The molecule has 0 saturated carbocycles. The van der Waals surface area contributed by atoms with Crippen LogP contribution in [-0.4, -0.2) is 57.9 Å². The molecule has 2 aromatic rings. The monoisotopic (exact) mass is 418 g/mol. The minimum absolute atomic E-state index is 0.159. The Balaban J connectivity index is 1.83. The topological polar surface area (TPSA) is 60.0 Å². The van der Waals surface area contributed by atoms with Crippen LogP contribution in [0.3, 0.4) is 0 Å². The van der Waals surface area contributed by atoms with Gasteiger partial charge in [0.15, 0.2) is 11.5 Å². The van der Waals surface area contributed by atoms with Crippen LogP contribution in [0.1, 0.15) is 27.5 Å². The van der Waals surface area contributed by atoms with Crippen molar-refractivity contribution in [3.63, 3.8) is 0 Å². The maximum absolute atomic E-state index is 13.0. The van der Waals surface area contributed by atoms with Gasteiger partial charge in [0.1, 0.15) is 0 Å². The number of nitrogens with one attached hydrogen (secondary N) is 1. The van der Waals surface area contributed by atoms with Crippen LogP contribution in [0.2, 0.25) is 5.02 Å². The number of halogens is 1. The summed E-state index contributed by atoms with van der Waals surface area (Å²) in [5.74, 6) is 0.617. The summed E-state index contributed by atoms with van der Waals surface area (Å²) in [6.07, 6.45) is 0. The highest BCUT2D eigenvalue weighted by Gasteiger charge is 2.22. The van der Waals surface area contributed by atoms with Crippen molar-refractivity contribution in [2.45, 2.75) is 13.0 Å². The number of morpholine rings is 1. The maximum Gasteiger partial charge on any atom is 0.252 e. The average Bonchev–Trinajstić information content (AvgIpc) is 2.73. The molecule has 0 radical (unpaired) electrons. The zero-order chi connectivity index (χ0) is 20.8. The standard InChI is InChI=1S/C22H27ClN2O4/c1-15-4-6-16(7-5-15)19(14-25-8-10-29-11-9-25)24-22(26)17-12-18(23)21(28-3)20(13-17)27-2/h4-7,12-13,19H,8-11,14H2,1-3H3,(H,24,26)/t19-/m0/s1. The summed E-state index contributed by atoms with van der Waals surface area (Å²) in [4.78, 5) is 15.3. The number of methoxy groups -OCH3 is 2. The molecule has 0 unspecified atom stereocenters. The van der Waals surface area contributed by atoms with Crippen LogP contribution in [0.5, 0.6) is 11.5 Å². The fourth-order valence-corrected chi connectivity index (χ4v) is 3.65. The third-order valence-corrected chi connectivity index (χ3v) is 5.31. The molecule has 1 saturated heterocycles. The van der Waals surface area contributed by atoms with Crippen LogP contribution < -0.4 is 14.8 Å². The fourth-order valence-electron chi connectivity index (χ4n) is 3.37. The maximum atomic E-state index is 13.0. The van der Waals surface area contributed by atoms with Gasteiger partial charge in [-0.3, -0.25) is 9.69 Å². The summed E-state index contributed by atoms with van der Waals surface area (Å²) in [5, 5.41) is 3.49. The van der Waals surface area contributed by atoms with E-state index in [1.165, 1.54) is 19.8 Å². The van der Waals surface area contributed by atoms with Crippen molar-refractivity contribution < 1.29 is 19.0 Å². The Labute approximate surface area is 176 Å². The summed E-state index contributed by atoms with van der Waals surface area (Å²) in [5.41, 5.74) is 2.66. The van der Waals surface area contributed by atoms with Crippen molar-refractivity contribution in [3.8, 4) is 11.5 Å². The third kappa shape index (κ3) is 5.41. The Kier molecular flexibility index (Phi) is 7.36. The van der Waals surface area contributed by atoms with Gasteiger partial charge in [0.05, 0.1) is 38.5 Å². The summed E-state index contributed by atoms with van der Waals surface area (Å²) in [6, 6.07) is 11.3. The van der Waals surface area contributed by atoms with Crippen LogP contribution in [0, 0.1) is 6.92 Å². The number of rotatable bonds is 7. The van der Waals surface area contributed by atoms with Crippen molar-refractivity contribution in [2.24, 2.45) is 0 Å². The van der Waals surface area contributed by atoms with Crippen molar-refractivity contribution in [1.29, 1.82) is 0 Å². The van der Waals surface area contributed by atoms with Crippen LogP contribution in [0.4, 0.5) is 0 Å². The van der Waals surface area contributed by atoms with Crippen LogP contribution in [-0.2, 0) is 4.74 Å². The number of aryl methyl sites for hydroxylation is 1. The Bertz CT molecular complexity index is 835. The van der Waals surface area contributed by atoms with Gasteiger partial charge >= 0.3 is 0 Å². The molecule has 1 atom stereocenters. The van der Waals surface area contributed by atoms with Crippen molar-refractivity contribution in [3.05, 3.63) is 58.1 Å². The van der Waals surface area contributed by atoms with Crippen molar-refractivity contribution in [1.82, 2.24) is 10.2 Å². The molecule has 1 amide bonds. The summed E-state index contributed by atoms with van der Waals surface area (Å²) >= 11 is 6.28. The molecule has 0 spiro atoms. The van der Waals surface area contributed by atoms with Gasteiger partial charge in [-0.15, -0.1) is 0 Å². The minimum Gasteiger partial charge on any atom is -0.493 e. The molecule has 1 fully saturated rings. The molecule has 1 heterocycles. The highest BCUT2D eigenvalue weighted by atomic mass is 35.5. The molecule has 0 bridgehead atoms. The second-order valence-corrected chi connectivity index (χ2v) is 7.45. The van der Waals surface area contributed by atoms with E-state index in [0.29, 0.717) is 41.8 Å². The lowest BCUT2D eigenvalue weighted by atomic mass is 10.0. The quantitative estimate of drug-likeness (QED) is 0.746. The minimum atomic E-state index is -0.216. The zero-order valence-corrected chi connectivity index (χ0v) is 17.8. The van der Waals surface area contributed by atoms with Gasteiger partial charge < -0.3 is 19.5 Å². The normalized spacial score (nSPS) is 15.6. The Hall–Kier alpha value is -2.28. The first kappa shape index (κ1) is 21.4. The zero-order valence-electron chi connectivity index (χ0n) is 17.0. The second kappa shape index (κ2) is 9.96. The molecule has 1 aliphatic heterocycles. The Morgan fingerprint density at radius 3 is 2.48 bits per heavy atom. The number of carbonyl (C=O) groups excluding carboxylic acids is 1. The van der Waals surface area contributed by atoms with E-state index in [1.807, 2.05) is 6.92 Å². The number of carbonyl (C=O) groups is 1. The number of hydrogen-bond donors (Lipinski definition) is 1. The van der Waals surface area contributed by atoms with Gasteiger partial charge in [-0.1, -0.05) is 41.4 Å². The lowest BCUT2D eigenvalue weighted by Crippen LogP contribution is -2.43. The number of amides is 1. The Morgan fingerprint density at radius 1 is 1.17 bits per heavy atom. The first-order chi connectivity index (χ1) is 14.0. The van der Waals surface area contributed by atoms with Gasteiger partial charge in [0.2, 0.25) is 0 Å². The lowest BCUT2D eigenvalue weighted by molar-refractivity contribution is 0.0332. The predicted octanol–water partition coefficient (Wildman–Crippen LogP) is 3.47. The molecule has 1 N–H and O–H groups in total. The second-order valence-electron chi connectivity index (χ2n) is 7.04. The predicted molar refractivity (Wildman–Crippen MR) is 113 cm³/mol. The summed E-state index contributed by atoms with van der Waals surface area (Å²) in [6.45, 7) is 5.87. The van der Waals surface area contributed by atoms with Crippen molar-refractivity contribution in [2.75, 3.05) is 47.1 Å². The first-order valence-electron chi connectivity index (χ1n) is 9.61. The number of nitrogens with zero attached hydrogens (tertiary/aromatic N) is 1. The molecule has 2 aromatic carbocycles. The molecule has 1 aliphatic rings. The summed E-state index contributed by atoms with van der Waals surface area (Å²) in [7, 11) is 3.03. The van der Waals surface area contributed by atoms with E-state index in [0.717, 1.165) is 18.7 Å². The van der Waals surface area contributed by atoms with Crippen LogP contribution >= 0.6 is 11.6 Å². The van der Waals surface area contributed by atoms with E-state index < -0.39 is 0 Å². The molecular formula is C22H27ClN2O4. The van der Waals surface area contributed by atoms with E-state index in [4.69, 9.17) is 25.8 Å². The van der Waals surface area contributed by atoms with E-state index in [1.54, 1.807) is 12.1 Å². The van der Waals surface area contributed by atoms with Gasteiger partial charge in [0.25, 0.3) is 5.91 Å². The molecular weight excluding hydrogens is 392 g/mol. The molecule has 0 aromatic heterocycles. The molecule has 29 heavy (non-hydrogen) atoms. The van der Waals surface area contributed by atoms with Crippen LogP contribution in [0.25, 0.3) is 0 Å².